The van der Waals surface area contributed by atoms with Crippen LogP contribution in [0.1, 0.15) is 38.3 Å². The molecule has 0 saturated carbocycles. The molecular formula is C13H24N2O. The zero-order valence-electron chi connectivity index (χ0n) is 10.7. The first-order valence-corrected chi connectivity index (χ1v) is 6.16. The number of rotatable bonds is 8. The third-order valence-corrected chi connectivity index (χ3v) is 2.73. The summed E-state index contributed by atoms with van der Waals surface area (Å²) >= 11 is 0. The van der Waals surface area contributed by atoms with Gasteiger partial charge in [-0.05, 0) is 37.9 Å². The van der Waals surface area contributed by atoms with E-state index < -0.39 is 0 Å². The maximum absolute atomic E-state index is 5.02. The number of nitrogens with zero attached hydrogens (tertiary/aromatic N) is 1. The van der Waals surface area contributed by atoms with E-state index in [1.54, 1.807) is 7.11 Å². The smallest absolute Gasteiger partial charge is 0.0474 e. The van der Waals surface area contributed by atoms with E-state index in [0.29, 0.717) is 6.04 Å². The van der Waals surface area contributed by atoms with Crippen LogP contribution < -0.4 is 5.32 Å². The minimum atomic E-state index is 0.426. The maximum Gasteiger partial charge on any atom is 0.0474 e. The summed E-state index contributed by atoms with van der Waals surface area (Å²) in [5, 5.41) is 3.50. The van der Waals surface area contributed by atoms with E-state index in [9.17, 15) is 0 Å². The van der Waals surface area contributed by atoms with Crippen molar-refractivity contribution in [3.63, 3.8) is 0 Å². The van der Waals surface area contributed by atoms with E-state index in [0.717, 1.165) is 26.1 Å². The molecule has 1 unspecified atom stereocenters. The molecule has 0 fully saturated rings. The summed E-state index contributed by atoms with van der Waals surface area (Å²) in [5.41, 5.74) is 1.37. The van der Waals surface area contributed by atoms with Crippen molar-refractivity contribution >= 4 is 0 Å². The van der Waals surface area contributed by atoms with Crippen LogP contribution in [0.15, 0.2) is 18.5 Å². The second kappa shape index (κ2) is 7.47. The van der Waals surface area contributed by atoms with Gasteiger partial charge in [-0.15, -0.1) is 0 Å². The van der Waals surface area contributed by atoms with Crippen molar-refractivity contribution in [3.05, 3.63) is 24.0 Å². The van der Waals surface area contributed by atoms with Crippen LogP contribution in [0.3, 0.4) is 0 Å². The van der Waals surface area contributed by atoms with Crippen molar-refractivity contribution in [2.24, 2.45) is 0 Å². The minimum absolute atomic E-state index is 0.426. The molecule has 0 aromatic carbocycles. The van der Waals surface area contributed by atoms with E-state index in [1.165, 1.54) is 12.0 Å². The van der Waals surface area contributed by atoms with Gasteiger partial charge in [0.15, 0.2) is 0 Å². The summed E-state index contributed by atoms with van der Waals surface area (Å²) in [6.45, 7) is 7.35. The predicted octanol–water partition coefficient (Wildman–Crippen LogP) is 2.59. The average molecular weight is 224 g/mol. The summed E-state index contributed by atoms with van der Waals surface area (Å²) < 4.78 is 7.27. The van der Waals surface area contributed by atoms with Gasteiger partial charge < -0.3 is 14.6 Å². The fourth-order valence-corrected chi connectivity index (χ4v) is 1.77. The number of methoxy groups -OCH3 is 1. The lowest BCUT2D eigenvalue weighted by atomic mass is 10.2. The Balaban J connectivity index is 2.31. The Morgan fingerprint density at radius 2 is 2.31 bits per heavy atom. The lowest BCUT2D eigenvalue weighted by Crippen LogP contribution is -2.20. The van der Waals surface area contributed by atoms with Crippen LogP contribution in [0, 0.1) is 0 Å². The SMILES string of the molecule is CCCn1ccc(C(C)NCCCOC)c1. The second-order valence-corrected chi connectivity index (χ2v) is 4.20. The Labute approximate surface area is 98.8 Å². The molecule has 3 nitrogen and oxygen atoms in total. The van der Waals surface area contributed by atoms with Gasteiger partial charge in [-0.3, -0.25) is 0 Å². The molecule has 0 aliphatic heterocycles. The standard InChI is InChI=1S/C13H24N2O/c1-4-8-15-9-6-13(11-15)12(2)14-7-5-10-16-3/h6,9,11-12,14H,4-5,7-8,10H2,1-3H3. The molecule has 0 radical (unpaired) electrons. The van der Waals surface area contributed by atoms with Crippen molar-refractivity contribution in [2.45, 2.75) is 39.3 Å². The Morgan fingerprint density at radius 1 is 1.50 bits per heavy atom. The minimum Gasteiger partial charge on any atom is -0.385 e. The molecule has 1 heterocycles. The average Bonchev–Trinajstić information content (AvgIpc) is 2.73. The summed E-state index contributed by atoms with van der Waals surface area (Å²) in [7, 11) is 1.74. The first-order valence-electron chi connectivity index (χ1n) is 6.16. The first kappa shape index (κ1) is 13.3. The number of hydrogen-bond acceptors (Lipinski definition) is 2. The van der Waals surface area contributed by atoms with Crippen molar-refractivity contribution in [1.82, 2.24) is 9.88 Å². The van der Waals surface area contributed by atoms with Crippen LogP contribution in [0.2, 0.25) is 0 Å². The Hall–Kier alpha value is -0.800. The van der Waals surface area contributed by atoms with Crippen molar-refractivity contribution in [1.29, 1.82) is 0 Å². The molecule has 1 aromatic rings. The zero-order chi connectivity index (χ0) is 11.8. The summed E-state index contributed by atoms with van der Waals surface area (Å²) in [6, 6.07) is 2.62. The van der Waals surface area contributed by atoms with Crippen LogP contribution >= 0.6 is 0 Å². The number of aryl methyl sites for hydroxylation is 1. The van der Waals surface area contributed by atoms with Crippen LogP contribution in [0.4, 0.5) is 0 Å². The molecule has 0 spiro atoms. The van der Waals surface area contributed by atoms with Gasteiger partial charge in [0.05, 0.1) is 0 Å². The normalized spacial score (nSPS) is 12.9. The molecule has 3 heteroatoms. The third-order valence-electron chi connectivity index (χ3n) is 2.73. The quantitative estimate of drug-likeness (QED) is 0.687. The van der Waals surface area contributed by atoms with Crippen LogP contribution in [0.5, 0.6) is 0 Å². The molecule has 1 rings (SSSR count). The van der Waals surface area contributed by atoms with Crippen molar-refractivity contribution < 1.29 is 4.74 Å². The number of hydrogen-bond donors (Lipinski definition) is 1. The Morgan fingerprint density at radius 3 is 3.00 bits per heavy atom. The number of aromatic nitrogens is 1. The third kappa shape index (κ3) is 4.37. The maximum atomic E-state index is 5.02. The fraction of sp³-hybridized carbons (Fsp3) is 0.692. The molecule has 1 N–H and O–H groups in total. The summed E-state index contributed by atoms with van der Waals surface area (Å²) in [6.07, 6.45) is 6.64. The molecule has 1 atom stereocenters. The van der Waals surface area contributed by atoms with Crippen LogP contribution in [0.25, 0.3) is 0 Å². The van der Waals surface area contributed by atoms with Crippen LogP contribution in [-0.4, -0.2) is 24.8 Å². The number of nitrogens with one attached hydrogen (secondary N) is 1. The van der Waals surface area contributed by atoms with E-state index in [-0.39, 0.29) is 0 Å². The van der Waals surface area contributed by atoms with Gasteiger partial charge in [-0.25, -0.2) is 0 Å². The lowest BCUT2D eigenvalue weighted by Gasteiger charge is -2.12. The van der Waals surface area contributed by atoms with Gasteiger partial charge in [-0.2, -0.15) is 0 Å². The van der Waals surface area contributed by atoms with Gasteiger partial charge in [0.1, 0.15) is 0 Å². The Bertz CT molecular complexity index is 283. The van der Waals surface area contributed by atoms with E-state index >= 15 is 0 Å². The molecule has 92 valence electrons. The summed E-state index contributed by atoms with van der Waals surface area (Å²) in [4.78, 5) is 0. The second-order valence-electron chi connectivity index (χ2n) is 4.20. The van der Waals surface area contributed by atoms with Gasteiger partial charge in [-0.1, -0.05) is 6.92 Å². The fourth-order valence-electron chi connectivity index (χ4n) is 1.77. The van der Waals surface area contributed by atoms with E-state index in [4.69, 9.17) is 4.74 Å². The molecule has 16 heavy (non-hydrogen) atoms. The lowest BCUT2D eigenvalue weighted by molar-refractivity contribution is 0.193. The highest BCUT2D eigenvalue weighted by Gasteiger charge is 2.05. The monoisotopic (exact) mass is 224 g/mol. The predicted molar refractivity (Wildman–Crippen MR) is 67.6 cm³/mol. The molecular weight excluding hydrogens is 200 g/mol. The molecule has 0 amide bonds. The van der Waals surface area contributed by atoms with Gasteiger partial charge in [0, 0.05) is 38.7 Å². The molecule has 1 aromatic heterocycles. The van der Waals surface area contributed by atoms with Crippen LogP contribution in [-0.2, 0) is 11.3 Å². The molecule has 0 aliphatic rings. The van der Waals surface area contributed by atoms with Gasteiger partial charge >= 0.3 is 0 Å². The molecule has 0 saturated heterocycles. The number of ether oxygens (including phenoxy) is 1. The first-order chi connectivity index (χ1) is 7.77. The van der Waals surface area contributed by atoms with E-state index in [1.807, 2.05) is 0 Å². The summed E-state index contributed by atoms with van der Waals surface area (Å²) in [5.74, 6) is 0. The molecule has 0 bridgehead atoms. The van der Waals surface area contributed by atoms with Crippen molar-refractivity contribution in [2.75, 3.05) is 20.3 Å². The highest BCUT2D eigenvalue weighted by Crippen LogP contribution is 2.12. The molecule has 0 aliphatic carbocycles. The Kier molecular flexibility index (Phi) is 6.19. The largest absolute Gasteiger partial charge is 0.385 e. The topological polar surface area (TPSA) is 26.2 Å². The van der Waals surface area contributed by atoms with Gasteiger partial charge in [0.25, 0.3) is 0 Å². The van der Waals surface area contributed by atoms with E-state index in [2.05, 4.69) is 42.2 Å². The van der Waals surface area contributed by atoms with Crippen molar-refractivity contribution in [3.8, 4) is 0 Å². The zero-order valence-corrected chi connectivity index (χ0v) is 10.7. The van der Waals surface area contributed by atoms with Gasteiger partial charge in [0.2, 0.25) is 0 Å². The highest BCUT2D eigenvalue weighted by atomic mass is 16.5. The highest BCUT2D eigenvalue weighted by molar-refractivity contribution is 5.14.